The van der Waals surface area contributed by atoms with Crippen LogP contribution in [0.2, 0.25) is 0 Å². The Balaban J connectivity index is 1.60. The highest BCUT2D eigenvalue weighted by Crippen LogP contribution is 2.26. The van der Waals surface area contributed by atoms with Crippen molar-refractivity contribution in [3.8, 4) is 11.4 Å². The lowest BCUT2D eigenvalue weighted by Gasteiger charge is -2.34. The summed E-state index contributed by atoms with van der Waals surface area (Å²) in [6, 6.07) is 10.6. The standard InChI is InChI=1S/C22H24N6O3/c1-26(2)21(30)16-6-4-15(5-7-16)19-13-28(10-11-31-19)22-25-18(12-20(29)27(22)3)17-8-9-23-14-24-17/h4-9,12,14,19H,10-11,13H2,1-3H3/t19-/m1/s1. The van der Waals surface area contributed by atoms with Gasteiger partial charge in [-0.05, 0) is 23.8 Å². The zero-order valence-electron chi connectivity index (χ0n) is 17.7. The number of ether oxygens (including phenoxy) is 1. The summed E-state index contributed by atoms with van der Waals surface area (Å²) < 4.78 is 7.51. The van der Waals surface area contributed by atoms with Crippen LogP contribution in [-0.2, 0) is 11.8 Å². The number of anilines is 1. The van der Waals surface area contributed by atoms with E-state index in [1.807, 2.05) is 29.2 Å². The van der Waals surface area contributed by atoms with Crippen LogP contribution in [0.4, 0.5) is 5.95 Å². The lowest BCUT2D eigenvalue weighted by Crippen LogP contribution is -2.41. The van der Waals surface area contributed by atoms with Gasteiger partial charge in [0.1, 0.15) is 12.4 Å². The smallest absolute Gasteiger partial charge is 0.255 e. The maximum absolute atomic E-state index is 12.6. The molecule has 0 bridgehead atoms. The molecular formula is C22H24N6O3. The Hall–Kier alpha value is -3.59. The number of amides is 1. The largest absolute Gasteiger partial charge is 0.370 e. The quantitative estimate of drug-likeness (QED) is 0.632. The van der Waals surface area contributed by atoms with Gasteiger partial charge in [-0.15, -0.1) is 0 Å². The number of hydrogen-bond donors (Lipinski definition) is 0. The van der Waals surface area contributed by atoms with Crippen LogP contribution in [0.25, 0.3) is 11.4 Å². The molecule has 0 saturated carbocycles. The number of carbonyl (C=O) groups is 1. The van der Waals surface area contributed by atoms with Crippen molar-refractivity contribution in [1.82, 2.24) is 24.4 Å². The molecule has 3 heterocycles. The molecule has 1 atom stereocenters. The van der Waals surface area contributed by atoms with Crippen LogP contribution >= 0.6 is 0 Å². The SMILES string of the molecule is CN(C)C(=O)c1ccc([C@H]2CN(c3nc(-c4ccncn4)cc(=O)n3C)CCO2)cc1. The fraction of sp³-hybridized carbons (Fsp3) is 0.318. The van der Waals surface area contributed by atoms with E-state index in [1.54, 1.807) is 38.3 Å². The van der Waals surface area contributed by atoms with Gasteiger partial charge in [0.15, 0.2) is 0 Å². The van der Waals surface area contributed by atoms with E-state index in [2.05, 4.69) is 9.97 Å². The molecular weight excluding hydrogens is 396 g/mol. The number of nitrogens with zero attached hydrogens (tertiary/aromatic N) is 6. The average Bonchev–Trinajstić information content (AvgIpc) is 2.81. The minimum atomic E-state index is -0.197. The van der Waals surface area contributed by atoms with E-state index in [4.69, 9.17) is 9.72 Å². The lowest BCUT2D eigenvalue weighted by molar-refractivity contribution is 0.0389. The number of rotatable bonds is 4. The van der Waals surface area contributed by atoms with Gasteiger partial charge in [0, 0.05) is 45.5 Å². The molecule has 1 aliphatic rings. The van der Waals surface area contributed by atoms with Crippen LogP contribution < -0.4 is 10.5 Å². The molecule has 4 rings (SSSR count). The summed E-state index contributed by atoms with van der Waals surface area (Å²) >= 11 is 0. The minimum absolute atomic E-state index is 0.0431. The molecule has 0 spiro atoms. The Morgan fingerprint density at radius 2 is 1.94 bits per heavy atom. The first-order chi connectivity index (χ1) is 14.9. The number of hydrogen-bond acceptors (Lipinski definition) is 7. The van der Waals surface area contributed by atoms with Crippen LogP contribution in [0.5, 0.6) is 0 Å². The van der Waals surface area contributed by atoms with Crippen LogP contribution in [-0.4, -0.2) is 64.1 Å². The molecule has 0 radical (unpaired) electrons. The third-order valence-electron chi connectivity index (χ3n) is 5.24. The number of aromatic nitrogens is 4. The molecule has 9 heteroatoms. The van der Waals surface area contributed by atoms with E-state index in [0.717, 1.165) is 5.56 Å². The number of carbonyl (C=O) groups excluding carboxylic acids is 1. The van der Waals surface area contributed by atoms with E-state index in [9.17, 15) is 9.59 Å². The normalized spacial score (nSPS) is 16.2. The zero-order chi connectivity index (χ0) is 22.0. The predicted molar refractivity (Wildman–Crippen MR) is 116 cm³/mol. The summed E-state index contributed by atoms with van der Waals surface area (Å²) in [5.41, 5.74) is 2.54. The average molecular weight is 420 g/mol. The summed E-state index contributed by atoms with van der Waals surface area (Å²) in [5.74, 6) is 0.521. The fourth-order valence-electron chi connectivity index (χ4n) is 3.51. The summed E-state index contributed by atoms with van der Waals surface area (Å²) in [6.07, 6.45) is 2.86. The molecule has 160 valence electrons. The monoisotopic (exact) mass is 420 g/mol. The van der Waals surface area contributed by atoms with E-state index >= 15 is 0 Å². The van der Waals surface area contributed by atoms with Gasteiger partial charge in [-0.1, -0.05) is 12.1 Å². The van der Waals surface area contributed by atoms with Gasteiger partial charge in [0.25, 0.3) is 11.5 Å². The zero-order valence-corrected chi connectivity index (χ0v) is 17.7. The van der Waals surface area contributed by atoms with Gasteiger partial charge < -0.3 is 14.5 Å². The van der Waals surface area contributed by atoms with Crippen molar-refractivity contribution in [2.45, 2.75) is 6.10 Å². The fourth-order valence-corrected chi connectivity index (χ4v) is 3.51. The molecule has 31 heavy (non-hydrogen) atoms. The molecule has 1 aromatic carbocycles. The van der Waals surface area contributed by atoms with Crippen LogP contribution in [0.3, 0.4) is 0 Å². The van der Waals surface area contributed by atoms with Gasteiger partial charge in [-0.2, -0.15) is 0 Å². The maximum Gasteiger partial charge on any atom is 0.255 e. The summed E-state index contributed by atoms with van der Waals surface area (Å²) in [5, 5.41) is 0. The first kappa shape index (κ1) is 20.7. The van der Waals surface area contributed by atoms with Gasteiger partial charge in [-0.25, -0.2) is 15.0 Å². The second kappa shape index (κ2) is 8.65. The highest BCUT2D eigenvalue weighted by atomic mass is 16.5. The van der Waals surface area contributed by atoms with Gasteiger partial charge >= 0.3 is 0 Å². The molecule has 1 amide bonds. The van der Waals surface area contributed by atoms with Crippen molar-refractivity contribution in [2.24, 2.45) is 7.05 Å². The van der Waals surface area contributed by atoms with Crippen molar-refractivity contribution in [2.75, 3.05) is 38.7 Å². The summed E-state index contributed by atoms with van der Waals surface area (Å²) in [6.45, 7) is 1.65. The van der Waals surface area contributed by atoms with E-state index in [0.29, 0.717) is 42.6 Å². The first-order valence-electron chi connectivity index (χ1n) is 9.96. The molecule has 3 aromatic rings. The Morgan fingerprint density at radius 3 is 2.61 bits per heavy atom. The molecule has 1 fully saturated rings. The maximum atomic E-state index is 12.6. The van der Waals surface area contributed by atoms with Crippen molar-refractivity contribution in [3.05, 3.63) is 70.4 Å². The number of benzene rings is 1. The van der Waals surface area contributed by atoms with E-state index < -0.39 is 0 Å². The second-order valence-electron chi connectivity index (χ2n) is 7.56. The minimum Gasteiger partial charge on any atom is -0.370 e. The molecule has 1 aliphatic heterocycles. The second-order valence-corrected chi connectivity index (χ2v) is 7.56. The molecule has 9 nitrogen and oxygen atoms in total. The van der Waals surface area contributed by atoms with Crippen LogP contribution in [0, 0.1) is 0 Å². The Labute approximate surface area is 180 Å². The Kier molecular flexibility index (Phi) is 5.77. The predicted octanol–water partition coefficient (Wildman–Crippen LogP) is 1.52. The molecule has 0 N–H and O–H groups in total. The third kappa shape index (κ3) is 4.31. The summed E-state index contributed by atoms with van der Waals surface area (Å²) in [7, 11) is 5.16. The van der Waals surface area contributed by atoms with Gasteiger partial charge in [0.05, 0.1) is 24.5 Å². The Morgan fingerprint density at radius 1 is 1.16 bits per heavy atom. The lowest BCUT2D eigenvalue weighted by atomic mass is 10.0. The van der Waals surface area contributed by atoms with E-state index in [-0.39, 0.29) is 17.6 Å². The first-order valence-corrected chi connectivity index (χ1v) is 9.96. The molecule has 2 aromatic heterocycles. The van der Waals surface area contributed by atoms with Gasteiger partial charge in [-0.3, -0.25) is 14.2 Å². The topological polar surface area (TPSA) is 93.5 Å². The molecule has 0 aliphatic carbocycles. The molecule has 1 saturated heterocycles. The Bertz CT molecular complexity index is 1130. The molecule has 0 unspecified atom stereocenters. The van der Waals surface area contributed by atoms with Crippen molar-refractivity contribution in [3.63, 3.8) is 0 Å². The van der Waals surface area contributed by atoms with Crippen molar-refractivity contribution in [1.29, 1.82) is 0 Å². The van der Waals surface area contributed by atoms with Crippen LogP contribution in [0.15, 0.2) is 53.7 Å². The van der Waals surface area contributed by atoms with E-state index in [1.165, 1.54) is 17.0 Å². The summed E-state index contributed by atoms with van der Waals surface area (Å²) in [4.78, 5) is 41.1. The highest BCUT2D eigenvalue weighted by Gasteiger charge is 2.25. The third-order valence-corrected chi connectivity index (χ3v) is 5.24. The highest BCUT2D eigenvalue weighted by molar-refractivity contribution is 5.93. The van der Waals surface area contributed by atoms with Crippen molar-refractivity contribution < 1.29 is 9.53 Å². The van der Waals surface area contributed by atoms with Crippen molar-refractivity contribution >= 4 is 11.9 Å². The van der Waals surface area contributed by atoms with Gasteiger partial charge in [0.2, 0.25) is 5.95 Å². The number of morpholine rings is 1. The van der Waals surface area contributed by atoms with Crippen LogP contribution in [0.1, 0.15) is 22.0 Å².